The highest BCUT2D eigenvalue weighted by Gasteiger charge is 2.23. The van der Waals surface area contributed by atoms with Crippen molar-refractivity contribution in [2.45, 2.75) is 24.0 Å². The van der Waals surface area contributed by atoms with Crippen molar-refractivity contribution < 1.29 is 4.74 Å². The molecule has 1 unspecified atom stereocenters. The van der Waals surface area contributed by atoms with E-state index in [2.05, 4.69) is 31.3 Å². The normalized spacial score (nSPS) is 19.6. The van der Waals surface area contributed by atoms with Crippen molar-refractivity contribution in [3.8, 4) is 5.75 Å². The van der Waals surface area contributed by atoms with Crippen molar-refractivity contribution in [1.29, 1.82) is 0 Å². The molecule has 0 amide bonds. The van der Waals surface area contributed by atoms with E-state index in [0.29, 0.717) is 11.2 Å². The number of fused-ring (bicyclic) bond motifs is 1. The minimum Gasteiger partial charge on any atom is -0.495 e. The zero-order valence-electron chi connectivity index (χ0n) is 9.41. The summed E-state index contributed by atoms with van der Waals surface area (Å²) in [4.78, 5) is 1.30. The highest BCUT2D eigenvalue weighted by molar-refractivity contribution is 8.00. The second kappa shape index (κ2) is 4.35. The maximum atomic E-state index is 5.33. The minimum absolute atomic E-state index is 0.657. The molecular formula is C12H17NOS. The lowest BCUT2D eigenvalue weighted by atomic mass is 10.1. The summed E-state index contributed by atoms with van der Waals surface area (Å²) in [7, 11) is 1.72. The molecule has 1 heterocycles. The van der Waals surface area contributed by atoms with Gasteiger partial charge >= 0.3 is 0 Å². The van der Waals surface area contributed by atoms with Crippen molar-refractivity contribution >= 4 is 17.4 Å². The topological polar surface area (TPSA) is 21.3 Å². The summed E-state index contributed by atoms with van der Waals surface area (Å²) < 4.78 is 5.33. The van der Waals surface area contributed by atoms with Crippen molar-refractivity contribution in [2.24, 2.45) is 5.92 Å². The van der Waals surface area contributed by atoms with Gasteiger partial charge in [0.25, 0.3) is 0 Å². The number of thioether (sulfide) groups is 1. The van der Waals surface area contributed by atoms with Crippen LogP contribution in [0.4, 0.5) is 5.69 Å². The van der Waals surface area contributed by atoms with Crippen LogP contribution in [-0.2, 0) is 0 Å². The molecule has 3 heteroatoms. The van der Waals surface area contributed by atoms with Crippen LogP contribution in [0.25, 0.3) is 0 Å². The third-order valence-electron chi connectivity index (χ3n) is 2.71. The number of hydrogen-bond donors (Lipinski definition) is 1. The predicted molar refractivity (Wildman–Crippen MR) is 66.0 cm³/mol. The average Bonchev–Trinajstić information content (AvgIpc) is 2.27. The Morgan fingerprint density at radius 1 is 1.47 bits per heavy atom. The van der Waals surface area contributed by atoms with Crippen LogP contribution in [0, 0.1) is 5.92 Å². The number of benzene rings is 1. The second-order valence-electron chi connectivity index (χ2n) is 4.11. The number of nitrogens with one attached hydrogen (secondary N) is 1. The Balaban J connectivity index is 2.27. The fourth-order valence-electron chi connectivity index (χ4n) is 1.73. The second-order valence-corrected chi connectivity index (χ2v) is 5.40. The number of methoxy groups -OCH3 is 1. The van der Waals surface area contributed by atoms with Crippen molar-refractivity contribution in [3.63, 3.8) is 0 Å². The van der Waals surface area contributed by atoms with Crippen LogP contribution in [0.15, 0.2) is 23.1 Å². The molecule has 1 aromatic carbocycles. The number of hydrogen-bond acceptors (Lipinski definition) is 3. The van der Waals surface area contributed by atoms with Gasteiger partial charge in [-0.3, -0.25) is 0 Å². The van der Waals surface area contributed by atoms with Gasteiger partial charge < -0.3 is 10.1 Å². The molecule has 0 bridgehead atoms. The SMILES string of the molecule is COc1cccc2c1NCC(C(C)C)S2. The monoisotopic (exact) mass is 223 g/mol. The van der Waals surface area contributed by atoms with E-state index in [4.69, 9.17) is 4.74 Å². The molecule has 1 aromatic rings. The molecule has 0 spiro atoms. The van der Waals surface area contributed by atoms with Crippen LogP contribution in [-0.4, -0.2) is 18.9 Å². The molecule has 1 aliphatic heterocycles. The van der Waals surface area contributed by atoms with Crippen molar-refractivity contribution in [3.05, 3.63) is 18.2 Å². The summed E-state index contributed by atoms with van der Waals surface area (Å²) in [5.74, 6) is 1.64. The van der Waals surface area contributed by atoms with Crippen LogP contribution in [0.5, 0.6) is 5.75 Å². The van der Waals surface area contributed by atoms with Gasteiger partial charge in [-0.2, -0.15) is 0 Å². The van der Waals surface area contributed by atoms with E-state index >= 15 is 0 Å². The Bertz CT molecular complexity index is 351. The van der Waals surface area contributed by atoms with Crippen LogP contribution < -0.4 is 10.1 Å². The molecule has 2 rings (SSSR count). The number of ether oxygens (including phenoxy) is 1. The molecule has 15 heavy (non-hydrogen) atoms. The number of anilines is 1. The van der Waals surface area contributed by atoms with E-state index in [1.54, 1.807) is 7.11 Å². The molecule has 2 nitrogen and oxygen atoms in total. The first-order valence-corrected chi connectivity index (χ1v) is 6.18. The summed E-state index contributed by atoms with van der Waals surface area (Å²) in [5.41, 5.74) is 1.15. The van der Waals surface area contributed by atoms with E-state index < -0.39 is 0 Å². The Morgan fingerprint density at radius 2 is 2.27 bits per heavy atom. The van der Waals surface area contributed by atoms with Crippen LogP contribution in [0.3, 0.4) is 0 Å². The van der Waals surface area contributed by atoms with Crippen molar-refractivity contribution in [2.75, 3.05) is 19.0 Å². The fourth-order valence-corrected chi connectivity index (χ4v) is 2.95. The molecule has 0 aromatic heterocycles. The maximum absolute atomic E-state index is 5.33. The maximum Gasteiger partial charge on any atom is 0.143 e. The first-order valence-electron chi connectivity index (χ1n) is 5.30. The van der Waals surface area contributed by atoms with Crippen LogP contribution in [0.2, 0.25) is 0 Å². The summed E-state index contributed by atoms with van der Waals surface area (Å²) in [6, 6.07) is 6.21. The van der Waals surface area contributed by atoms with E-state index in [9.17, 15) is 0 Å². The molecular weight excluding hydrogens is 206 g/mol. The zero-order chi connectivity index (χ0) is 10.8. The van der Waals surface area contributed by atoms with E-state index in [1.165, 1.54) is 4.90 Å². The molecule has 0 saturated heterocycles. The van der Waals surface area contributed by atoms with Gasteiger partial charge in [0, 0.05) is 16.7 Å². The highest BCUT2D eigenvalue weighted by atomic mass is 32.2. The van der Waals surface area contributed by atoms with Crippen LogP contribution in [0.1, 0.15) is 13.8 Å². The molecule has 0 fully saturated rings. The fraction of sp³-hybridized carbons (Fsp3) is 0.500. The largest absolute Gasteiger partial charge is 0.495 e. The van der Waals surface area contributed by atoms with Gasteiger partial charge in [0.2, 0.25) is 0 Å². The molecule has 1 N–H and O–H groups in total. The lowest BCUT2D eigenvalue weighted by Gasteiger charge is -2.29. The Hall–Kier alpha value is -0.830. The van der Waals surface area contributed by atoms with E-state index in [1.807, 2.05) is 17.8 Å². The Morgan fingerprint density at radius 3 is 2.93 bits per heavy atom. The first kappa shape index (κ1) is 10.7. The summed E-state index contributed by atoms with van der Waals surface area (Å²) in [5, 5.41) is 4.12. The predicted octanol–water partition coefficient (Wildman–Crippen LogP) is 3.24. The number of rotatable bonds is 2. The van der Waals surface area contributed by atoms with Gasteiger partial charge in [-0.25, -0.2) is 0 Å². The summed E-state index contributed by atoms with van der Waals surface area (Å²) in [6.07, 6.45) is 0. The lowest BCUT2D eigenvalue weighted by Crippen LogP contribution is -2.26. The molecule has 0 saturated carbocycles. The molecule has 0 aliphatic carbocycles. The van der Waals surface area contributed by atoms with E-state index in [0.717, 1.165) is 18.0 Å². The standard InChI is InChI=1S/C12H17NOS/c1-8(2)11-7-13-12-9(14-3)5-4-6-10(12)15-11/h4-6,8,11,13H,7H2,1-3H3. The lowest BCUT2D eigenvalue weighted by molar-refractivity contribution is 0.415. The molecule has 0 radical (unpaired) electrons. The Labute approximate surface area is 95.4 Å². The van der Waals surface area contributed by atoms with Gasteiger partial charge in [0.1, 0.15) is 5.75 Å². The molecule has 1 atom stereocenters. The van der Waals surface area contributed by atoms with Gasteiger partial charge in [-0.1, -0.05) is 19.9 Å². The van der Waals surface area contributed by atoms with Gasteiger partial charge in [0.05, 0.1) is 12.8 Å². The van der Waals surface area contributed by atoms with Gasteiger partial charge in [-0.05, 0) is 18.1 Å². The molecule has 1 aliphatic rings. The zero-order valence-corrected chi connectivity index (χ0v) is 10.2. The van der Waals surface area contributed by atoms with Crippen LogP contribution >= 0.6 is 11.8 Å². The molecule has 82 valence electrons. The third kappa shape index (κ3) is 2.07. The van der Waals surface area contributed by atoms with Gasteiger partial charge in [-0.15, -0.1) is 11.8 Å². The average molecular weight is 223 g/mol. The summed E-state index contributed by atoms with van der Waals surface area (Å²) in [6.45, 7) is 5.56. The minimum atomic E-state index is 0.657. The van der Waals surface area contributed by atoms with E-state index in [-0.39, 0.29) is 0 Å². The Kier molecular flexibility index (Phi) is 3.10. The third-order valence-corrected chi connectivity index (χ3v) is 4.32. The summed E-state index contributed by atoms with van der Waals surface area (Å²) >= 11 is 1.95. The van der Waals surface area contributed by atoms with Crippen molar-refractivity contribution in [1.82, 2.24) is 0 Å². The first-order chi connectivity index (χ1) is 7.22. The quantitative estimate of drug-likeness (QED) is 0.831. The number of para-hydroxylation sites is 1. The highest BCUT2D eigenvalue weighted by Crippen LogP contribution is 2.42. The van der Waals surface area contributed by atoms with Gasteiger partial charge in [0.15, 0.2) is 0 Å². The smallest absolute Gasteiger partial charge is 0.143 e.